The highest BCUT2D eigenvalue weighted by Gasteiger charge is 2.22. The number of ketones is 1. The van der Waals surface area contributed by atoms with Crippen LogP contribution in [0.25, 0.3) is 0 Å². The highest BCUT2D eigenvalue weighted by Crippen LogP contribution is 2.16. The smallest absolute Gasteiger partial charge is 0.164 e. The molecule has 0 spiro atoms. The summed E-state index contributed by atoms with van der Waals surface area (Å²) in [5.74, 6) is 0.258. The van der Waals surface area contributed by atoms with Crippen molar-refractivity contribution in [1.29, 1.82) is 0 Å². The highest BCUT2D eigenvalue weighted by atomic mass is 16.1. The number of benzene rings is 1. The molecule has 0 saturated carbocycles. The van der Waals surface area contributed by atoms with E-state index in [4.69, 9.17) is 0 Å². The van der Waals surface area contributed by atoms with Gasteiger partial charge in [-0.1, -0.05) is 17.2 Å². The summed E-state index contributed by atoms with van der Waals surface area (Å²) >= 11 is 0. The molecule has 0 aliphatic carbocycles. The zero-order valence-electron chi connectivity index (χ0n) is 13.9. The molecule has 1 aliphatic rings. The molecule has 2 rings (SSSR count). The summed E-state index contributed by atoms with van der Waals surface area (Å²) in [7, 11) is 4.33. The van der Waals surface area contributed by atoms with Crippen molar-refractivity contribution in [1.82, 2.24) is 9.80 Å². The molecule has 3 heteroatoms. The Kier molecular flexibility index (Phi) is 5.54. The predicted octanol–water partition coefficient (Wildman–Crippen LogP) is 2.90. The minimum atomic E-state index is 0.258. The minimum absolute atomic E-state index is 0.258. The van der Waals surface area contributed by atoms with Gasteiger partial charge in [0.2, 0.25) is 0 Å². The molecule has 1 heterocycles. The van der Waals surface area contributed by atoms with Gasteiger partial charge in [-0.15, -0.1) is 0 Å². The molecule has 1 atom stereocenters. The molecule has 1 unspecified atom stereocenters. The van der Waals surface area contributed by atoms with Gasteiger partial charge in [0, 0.05) is 31.1 Å². The number of hydrogen-bond donors (Lipinski definition) is 0. The minimum Gasteiger partial charge on any atom is -0.304 e. The zero-order valence-corrected chi connectivity index (χ0v) is 13.9. The van der Waals surface area contributed by atoms with E-state index in [0.29, 0.717) is 12.5 Å². The lowest BCUT2D eigenvalue weighted by atomic mass is 10.0. The summed E-state index contributed by atoms with van der Waals surface area (Å²) in [6, 6.07) is 6.77. The van der Waals surface area contributed by atoms with E-state index in [1.54, 1.807) is 0 Å². The Labute approximate surface area is 128 Å². The first-order valence-electron chi connectivity index (χ1n) is 7.96. The number of aryl methyl sites for hydroxylation is 2. The lowest BCUT2D eigenvalue weighted by molar-refractivity contribution is 0.0964. The Morgan fingerprint density at radius 2 is 1.95 bits per heavy atom. The molecule has 0 amide bonds. The zero-order chi connectivity index (χ0) is 15.4. The van der Waals surface area contributed by atoms with Crippen molar-refractivity contribution in [3.63, 3.8) is 0 Å². The van der Waals surface area contributed by atoms with E-state index in [1.165, 1.54) is 30.5 Å². The number of carbonyl (C=O) groups is 1. The van der Waals surface area contributed by atoms with Gasteiger partial charge in [0.05, 0.1) is 0 Å². The molecule has 0 radical (unpaired) electrons. The van der Waals surface area contributed by atoms with Gasteiger partial charge in [0.1, 0.15) is 0 Å². The topological polar surface area (TPSA) is 23.6 Å². The fourth-order valence-electron chi connectivity index (χ4n) is 3.23. The van der Waals surface area contributed by atoms with E-state index >= 15 is 0 Å². The largest absolute Gasteiger partial charge is 0.304 e. The summed E-state index contributed by atoms with van der Waals surface area (Å²) in [4.78, 5) is 17.0. The van der Waals surface area contributed by atoms with Crippen LogP contribution < -0.4 is 0 Å². The van der Waals surface area contributed by atoms with E-state index in [-0.39, 0.29) is 5.78 Å². The Hall–Kier alpha value is -1.19. The molecule has 3 nitrogen and oxygen atoms in total. The fourth-order valence-corrected chi connectivity index (χ4v) is 3.23. The number of hydrogen-bond acceptors (Lipinski definition) is 3. The lowest BCUT2D eigenvalue weighted by Gasteiger charge is -2.25. The van der Waals surface area contributed by atoms with Crippen molar-refractivity contribution < 1.29 is 4.79 Å². The first-order chi connectivity index (χ1) is 9.95. The Morgan fingerprint density at radius 1 is 1.29 bits per heavy atom. The van der Waals surface area contributed by atoms with Crippen LogP contribution in [0.2, 0.25) is 0 Å². The maximum absolute atomic E-state index is 12.3. The Balaban J connectivity index is 1.83. The van der Waals surface area contributed by atoms with Crippen molar-refractivity contribution in [2.24, 2.45) is 0 Å². The molecule has 1 aromatic carbocycles. The number of carbonyl (C=O) groups excluding carboxylic acids is 1. The summed E-state index contributed by atoms with van der Waals surface area (Å²) < 4.78 is 0. The van der Waals surface area contributed by atoms with Gasteiger partial charge in [-0.25, -0.2) is 0 Å². The molecule has 1 fully saturated rings. The summed E-state index contributed by atoms with van der Waals surface area (Å²) in [6.07, 6.45) is 3.19. The third kappa shape index (κ3) is 4.65. The second-order valence-electron chi connectivity index (χ2n) is 6.59. The number of nitrogens with zero attached hydrogens (tertiary/aromatic N) is 2. The molecule has 1 aliphatic heterocycles. The maximum Gasteiger partial charge on any atom is 0.164 e. The number of likely N-dealkylation sites (N-methyl/N-ethyl adjacent to an activating group) is 2. The van der Waals surface area contributed by atoms with E-state index in [9.17, 15) is 4.79 Å². The van der Waals surface area contributed by atoms with Crippen LogP contribution in [0.4, 0.5) is 0 Å². The van der Waals surface area contributed by atoms with Gasteiger partial charge in [-0.3, -0.25) is 4.79 Å². The van der Waals surface area contributed by atoms with Gasteiger partial charge in [0.15, 0.2) is 5.78 Å². The van der Waals surface area contributed by atoms with Crippen LogP contribution >= 0.6 is 0 Å². The van der Waals surface area contributed by atoms with Crippen LogP contribution in [0.5, 0.6) is 0 Å². The third-order valence-electron chi connectivity index (χ3n) is 4.46. The molecule has 21 heavy (non-hydrogen) atoms. The molecular weight excluding hydrogens is 260 g/mol. The first kappa shape index (κ1) is 16.2. The molecule has 0 aromatic heterocycles. The monoisotopic (exact) mass is 288 g/mol. The maximum atomic E-state index is 12.3. The van der Waals surface area contributed by atoms with Crippen LogP contribution in [0.15, 0.2) is 18.2 Å². The Morgan fingerprint density at radius 3 is 2.52 bits per heavy atom. The average molecular weight is 288 g/mol. The second-order valence-corrected chi connectivity index (χ2v) is 6.59. The highest BCUT2D eigenvalue weighted by molar-refractivity contribution is 5.96. The van der Waals surface area contributed by atoms with Crippen molar-refractivity contribution in [3.8, 4) is 0 Å². The molecule has 0 bridgehead atoms. The third-order valence-corrected chi connectivity index (χ3v) is 4.46. The van der Waals surface area contributed by atoms with Gasteiger partial charge >= 0.3 is 0 Å². The summed E-state index contributed by atoms with van der Waals surface area (Å²) in [6.45, 7) is 7.21. The average Bonchev–Trinajstić information content (AvgIpc) is 2.80. The predicted molar refractivity (Wildman–Crippen MR) is 88.0 cm³/mol. The van der Waals surface area contributed by atoms with Crippen LogP contribution in [-0.2, 0) is 0 Å². The molecule has 116 valence electrons. The van der Waals surface area contributed by atoms with E-state index in [1.807, 2.05) is 26.0 Å². The first-order valence-corrected chi connectivity index (χ1v) is 7.96. The van der Waals surface area contributed by atoms with Gasteiger partial charge < -0.3 is 9.80 Å². The molecule has 1 aromatic rings. The lowest BCUT2D eigenvalue weighted by Crippen LogP contribution is -2.37. The van der Waals surface area contributed by atoms with Crippen molar-refractivity contribution in [2.75, 3.05) is 33.7 Å². The fraction of sp³-hybridized carbons (Fsp3) is 0.611. The number of rotatable bonds is 6. The van der Waals surface area contributed by atoms with Crippen LogP contribution in [0.3, 0.4) is 0 Å². The summed E-state index contributed by atoms with van der Waals surface area (Å²) in [5.41, 5.74) is 3.19. The van der Waals surface area contributed by atoms with Gasteiger partial charge in [0.25, 0.3) is 0 Å². The van der Waals surface area contributed by atoms with Gasteiger partial charge in [-0.2, -0.15) is 0 Å². The van der Waals surface area contributed by atoms with E-state index in [2.05, 4.69) is 30.0 Å². The van der Waals surface area contributed by atoms with Crippen molar-refractivity contribution >= 4 is 5.78 Å². The number of Topliss-reactive ketones (excluding diaryl/α,β-unsaturated/α-hetero) is 1. The van der Waals surface area contributed by atoms with Crippen molar-refractivity contribution in [2.45, 2.75) is 39.2 Å². The van der Waals surface area contributed by atoms with Gasteiger partial charge in [-0.05, 0) is 59.5 Å². The SMILES string of the molecule is Cc1cc(C)cc(C(=O)CCN(C)CC2CCCN2C)c1. The summed E-state index contributed by atoms with van der Waals surface area (Å²) in [5, 5.41) is 0. The van der Waals surface area contributed by atoms with Crippen LogP contribution in [-0.4, -0.2) is 55.4 Å². The standard InChI is InChI=1S/C18H28N2O/c1-14-10-15(2)12-16(11-14)18(21)7-9-19(3)13-17-6-5-8-20(17)4/h10-12,17H,5-9,13H2,1-4H3. The van der Waals surface area contributed by atoms with E-state index < -0.39 is 0 Å². The second kappa shape index (κ2) is 7.19. The van der Waals surface area contributed by atoms with E-state index in [0.717, 1.165) is 18.7 Å². The quantitative estimate of drug-likeness (QED) is 0.752. The Bertz CT molecular complexity index is 478. The van der Waals surface area contributed by atoms with Crippen LogP contribution in [0, 0.1) is 13.8 Å². The van der Waals surface area contributed by atoms with Crippen molar-refractivity contribution in [3.05, 3.63) is 34.9 Å². The normalized spacial score (nSPS) is 19.4. The molecule has 1 saturated heterocycles. The number of likely N-dealkylation sites (tertiary alicyclic amines) is 1. The molecular formula is C18H28N2O. The molecule has 0 N–H and O–H groups in total. The van der Waals surface area contributed by atoms with Crippen LogP contribution in [0.1, 0.15) is 40.7 Å².